The first-order valence-electron chi connectivity index (χ1n) is 10.4. The van der Waals surface area contributed by atoms with Gasteiger partial charge in [0, 0.05) is 23.5 Å². The molecule has 160 valence electrons. The van der Waals surface area contributed by atoms with E-state index >= 15 is 0 Å². The third-order valence-electron chi connectivity index (χ3n) is 6.24. The Kier molecular flexibility index (Phi) is 5.99. The summed E-state index contributed by atoms with van der Waals surface area (Å²) in [5.41, 5.74) is 1.19. The Balaban J connectivity index is 1.80. The van der Waals surface area contributed by atoms with E-state index in [0.717, 1.165) is 30.6 Å². The van der Waals surface area contributed by atoms with Gasteiger partial charge in [-0.3, -0.25) is 9.59 Å². The van der Waals surface area contributed by atoms with E-state index in [-0.39, 0.29) is 23.9 Å². The second-order valence-electron chi connectivity index (χ2n) is 7.99. The van der Waals surface area contributed by atoms with Crippen LogP contribution in [0, 0.1) is 0 Å². The Bertz CT molecular complexity index is 922. The average molecular weight is 429 g/mol. The standard InChI is InChI=1S/C23H28N2O4S/c1-25-21(19-10-7-11-30-19)20(22(26)24-14-8-5-4-6-9-14)15-12-17(28-2)18(29-3)13-16(15)23(25)27/h7,10-14,20-21H,4-6,8-9H2,1-3H3,(H,24,26)/t20-,21+/m1/s1. The molecule has 1 aliphatic heterocycles. The number of hydrogen-bond donors (Lipinski definition) is 1. The van der Waals surface area contributed by atoms with Crippen LogP contribution in [0.25, 0.3) is 0 Å². The van der Waals surface area contributed by atoms with E-state index in [4.69, 9.17) is 9.47 Å². The van der Waals surface area contributed by atoms with E-state index in [1.807, 2.05) is 17.5 Å². The highest BCUT2D eigenvalue weighted by Gasteiger charge is 2.44. The van der Waals surface area contributed by atoms with Gasteiger partial charge in [-0.05, 0) is 42.0 Å². The molecule has 0 bridgehead atoms. The summed E-state index contributed by atoms with van der Waals surface area (Å²) in [6.45, 7) is 0. The molecule has 1 fully saturated rings. The molecule has 1 aromatic carbocycles. The fourth-order valence-corrected chi connectivity index (χ4v) is 5.59. The number of carbonyl (C=O) groups is 2. The van der Waals surface area contributed by atoms with Crippen LogP contribution < -0.4 is 14.8 Å². The van der Waals surface area contributed by atoms with Gasteiger partial charge < -0.3 is 19.7 Å². The molecule has 0 radical (unpaired) electrons. The van der Waals surface area contributed by atoms with Crippen molar-refractivity contribution in [2.75, 3.05) is 21.3 Å². The van der Waals surface area contributed by atoms with Gasteiger partial charge in [0.1, 0.15) is 0 Å². The molecule has 1 aromatic heterocycles. The van der Waals surface area contributed by atoms with Crippen molar-refractivity contribution in [3.05, 3.63) is 45.6 Å². The van der Waals surface area contributed by atoms with Gasteiger partial charge in [-0.25, -0.2) is 0 Å². The average Bonchev–Trinajstić information content (AvgIpc) is 3.30. The highest BCUT2D eigenvalue weighted by atomic mass is 32.1. The first kappa shape index (κ1) is 20.7. The van der Waals surface area contributed by atoms with E-state index in [1.165, 1.54) is 6.42 Å². The van der Waals surface area contributed by atoms with Crippen LogP contribution in [0.3, 0.4) is 0 Å². The molecule has 0 spiro atoms. The molecule has 4 rings (SSSR count). The van der Waals surface area contributed by atoms with Gasteiger partial charge in [0.25, 0.3) is 5.91 Å². The Morgan fingerprint density at radius 1 is 1.13 bits per heavy atom. The minimum atomic E-state index is -0.511. The van der Waals surface area contributed by atoms with Crippen molar-refractivity contribution >= 4 is 23.2 Å². The van der Waals surface area contributed by atoms with E-state index in [0.29, 0.717) is 22.6 Å². The van der Waals surface area contributed by atoms with E-state index in [1.54, 1.807) is 49.6 Å². The summed E-state index contributed by atoms with van der Waals surface area (Å²) >= 11 is 1.56. The summed E-state index contributed by atoms with van der Waals surface area (Å²) in [4.78, 5) is 29.6. The second kappa shape index (κ2) is 8.68. The zero-order valence-corrected chi connectivity index (χ0v) is 18.5. The van der Waals surface area contributed by atoms with Crippen molar-refractivity contribution < 1.29 is 19.1 Å². The Morgan fingerprint density at radius 2 is 1.83 bits per heavy atom. The molecule has 30 heavy (non-hydrogen) atoms. The first-order chi connectivity index (χ1) is 14.5. The van der Waals surface area contributed by atoms with Gasteiger partial charge in [0.15, 0.2) is 11.5 Å². The normalized spacial score (nSPS) is 21.8. The van der Waals surface area contributed by atoms with Gasteiger partial charge in [-0.2, -0.15) is 0 Å². The van der Waals surface area contributed by atoms with Crippen molar-refractivity contribution in [1.29, 1.82) is 0 Å². The molecule has 1 aliphatic carbocycles. The van der Waals surface area contributed by atoms with Gasteiger partial charge in [-0.1, -0.05) is 25.3 Å². The number of methoxy groups -OCH3 is 2. The molecule has 2 amide bonds. The lowest BCUT2D eigenvalue weighted by Gasteiger charge is -2.40. The maximum atomic E-state index is 13.6. The minimum absolute atomic E-state index is 0.0341. The molecule has 6 nitrogen and oxygen atoms in total. The molecular formula is C23H28N2O4S. The van der Waals surface area contributed by atoms with E-state index < -0.39 is 5.92 Å². The largest absolute Gasteiger partial charge is 0.493 e. The fraction of sp³-hybridized carbons (Fsp3) is 0.478. The number of amides is 2. The molecule has 2 heterocycles. The molecule has 1 saturated carbocycles. The maximum absolute atomic E-state index is 13.6. The number of carbonyl (C=O) groups excluding carboxylic acids is 2. The SMILES string of the molecule is COc1cc2c(cc1OC)[C@@H](C(=O)NC1CCCCC1)[C@H](c1cccs1)N(C)C2=O. The fourth-order valence-electron chi connectivity index (χ4n) is 4.68. The van der Waals surface area contributed by atoms with Gasteiger partial charge in [-0.15, -0.1) is 11.3 Å². The summed E-state index contributed by atoms with van der Waals surface area (Å²) in [6.07, 6.45) is 5.53. The van der Waals surface area contributed by atoms with Crippen LogP contribution in [0.2, 0.25) is 0 Å². The van der Waals surface area contributed by atoms with Crippen LogP contribution in [0.15, 0.2) is 29.6 Å². The molecule has 2 aromatic rings. The number of likely N-dealkylation sites (N-methyl/N-ethyl adjacent to an activating group) is 1. The smallest absolute Gasteiger partial charge is 0.254 e. The molecule has 1 N–H and O–H groups in total. The predicted octanol–water partition coefficient (Wildman–Crippen LogP) is 4.12. The van der Waals surface area contributed by atoms with Crippen molar-refractivity contribution in [2.24, 2.45) is 0 Å². The van der Waals surface area contributed by atoms with Gasteiger partial charge >= 0.3 is 0 Å². The second-order valence-corrected chi connectivity index (χ2v) is 8.97. The third kappa shape index (κ3) is 3.67. The van der Waals surface area contributed by atoms with Gasteiger partial charge in [0.05, 0.1) is 26.2 Å². The Labute approximate surface area is 181 Å². The first-order valence-corrected chi connectivity index (χ1v) is 11.3. The lowest BCUT2D eigenvalue weighted by Crippen LogP contribution is -2.47. The van der Waals surface area contributed by atoms with Crippen molar-refractivity contribution in [3.8, 4) is 11.5 Å². The molecular weight excluding hydrogens is 400 g/mol. The highest BCUT2D eigenvalue weighted by molar-refractivity contribution is 7.10. The van der Waals surface area contributed by atoms with Crippen LogP contribution in [-0.2, 0) is 4.79 Å². The minimum Gasteiger partial charge on any atom is -0.493 e. The molecule has 7 heteroatoms. The number of ether oxygens (including phenoxy) is 2. The van der Waals surface area contributed by atoms with Crippen LogP contribution in [0.1, 0.15) is 64.9 Å². The van der Waals surface area contributed by atoms with E-state index in [9.17, 15) is 9.59 Å². The predicted molar refractivity (Wildman–Crippen MR) is 116 cm³/mol. The summed E-state index contributed by atoms with van der Waals surface area (Å²) in [5, 5.41) is 5.26. The van der Waals surface area contributed by atoms with E-state index in [2.05, 4.69) is 5.32 Å². The Hall–Kier alpha value is -2.54. The van der Waals surface area contributed by atoms with Crippen LogP contribution in [0.4, 0.5) is 0 Å². The lowest BCUT2D eigenvalue weighted by atomic mass is 9.81. The molecule has 2 aliphatic rings. The quantitative estimate of drug-likeness (QED) is 0.778. The monoisotopic (exact) mass is 428 g/mol. The molecule has 0 saturated heterocycles. The summed E-state index contributed by atoms with van der Waals surface area (Å²) in [7, 11) is 4.88. The zero-order chi connectivity index (χ0) is 21.3. The number of benzene rings is 1. The van der Waals surface area contributed by atoms with Crippen molar-refractivity contribution in [2.45, 2.75) is 50.1 Å². The highest BCUT2D eigenvalue weighted by Crippen LogP contribution is 2.46. The van der Waals surface area contributed by atoms with Gasteiger partial charge in [0.2, 0.25) is 5.91 Å². The van der Waals surface area contributed by atoms with Crippen LogP contribution >= 0.6 is 11.3 Å². The van der Waals surface area contributed by atoms with Crippen molar-refractivity contribution in [3.63, 3.8) is 0 Å². The van der Waals surface area contributed by atoms with Crippen LogP contribution in [-0.4, -0.2) is 44.0 Å². The summed E-state index contributed by atoms with van der Waals surface area (Å²) in [5.74, 6) is 0.343. The number of fused-ring (bicyclic) bond motifs is 1. The Morgan fingerprint density at radius 3 is 2.47 bits per heavy atom. The number of hydrogen-bond acceptors (Lipinski definition) is 5. The molecule has 0 unspecified atom stereocenters. The maximum Gasteiger partial charge on any atom is 0.254 e. The summed E-state index contributed by atoms with van der Waals surface area (Å²) < 4.78 is 10.9. The summed E-state index contributed by atoms with van der Waals surface area (Å²) in [6, 6.07) is 7.28. The van der Waals surface area contributed by atoms with Crippen molar-refractivity contribution in [1.82, 2.24) is 10.2 Å². The topological polar surface area (TPSA) is 67.9 Å². The zero-order valence-electron chi connectivity index (χ0n) is 17.6. The number of nitrogens with zero attached hydrogens (tertiary/aromatic N) is 1. The molecule has 2 atom stereocenters. The van der Waals surface area contributed by atoms with Crippen LogP contribution in [0.5, 0.6) is 11.5 Å². The lowest BCUT2D eigenvalue weighted by molar-refractivity contribution is -0.125. The third-order valence-corrected chi connectivity index (χ3v) is 7.19. The number of rotatable bonds is 5. The number of nitrogens with one attached hydrogen (secondary N) is 1. The number of thiophene rings is 1.